The van der Waals surface area contributed by atoms with Crippen LogP contribution in [0.4, 0.5) is 5.69 Å². The predicted molar refractivity (Wildman–Crippen MR) is 66.9 cm³/mol. The molecule has 15 heavy (non-hydrogen) atoms. The summed E-state index contributed by atoms with van der Waals surface area (Å²) in [6.45, 7) is 2.17. The fourth-order valence-corrected chi connectivity index (χ4v) is 2.94. The van der Waals surface area contributed by atoms with Gasteiger partial charge in [-0.2, -0.15) is 11.8 Å². The van der Waals surface area contributed by atoms with Gasteiger partial charge >= 0.3 is 0 Å². The standard InChI is InChI=1S/C11H14ClNOS/c12-10-7-9(8-14)1-2-11(10)13-3-5-15-6-4-13/h1-2,7,14H,3-6,8H2. The molecule has 0 spiro atoms. The van der Waals surface area contributed by atoms with E-state index in [1.807, 2.05) is 30.0 Å². The highest BCUT2D eigenvalue weighted by molar-refractivity contribution is 7.99. The number of aliphatic hydroxyl groups excluding tert-OH is 1. The summed E-state index contributed by atoms with van der Waals surface area (Å²) in [5.41, 5.74) is 1.96. The van der Waals surface area contributed by atoms with E-state index in [4.69, 9.17) is 16.7 Å². The van der Waals surface area contributed by atoms with Gasteiger partial charge in [-0.25, -0.2) is 0 Å². The maximum absolute atomic E-state index is 8.99. The third-order valence-corrected chi connectivity index (χ3v) is 3.79. The molecule has 1 heterocycles. The summed E-state index contributed by atoms with van der Waals surface area (Å²) in [6, 6.07) is 5.78. The third-order valence-electron chi connectivity index (χ3n) is 2.55. The van der Waals surface area contributed by atoms with Gasteiger partial charge in [-0.1, -0.05) is 17.7 Å². The van der Waals surface area contributed by atoms with Crippen LogP contribution in [0.15, 0.2) is 18.2 Å². The number of nitrogens with zero attached hydrogens (tertiary/aromatic N) is 1. The minimum atomic E-state index is 0.0514. The van der Waals surface area contributed by atoms with Gasteiger partial charge in [0, 0.05) is 24.6 Å². The zero-order valence-corrected chi connectivity index (χ0v) is 10.0. The fourth-order valence-electron chi connectivity index (χ4n) is 1.71. The largest absolute Gasteiger partial charge is 0.392 e. The van der Waals surface area contributed by atoms with E-state index in [0.717, 1.165) is 40.9 Å². The third kappa shape index (κ3) is 2.60. The quantitative estimate of drug-likeness (QED) is 0.863. The average Bonchev–Trinajstić information content (AvgIpc) is 2.30. The fraction of sp³-hybridized carbons (Fsp3) is 0.455. The number of thioether (sulfide) groups is 1. The normalized spacial score (nSPS) is 16.8. The van der Waals surface area contributed by atoms with E-state index >= 15 is 0 Å². The van der Waals surface area contributed by atoms with Crippen molar-refractivity contribution in [3.8, 4) is 0 Å². The maximum Gasteiger partial charge on any atom is 0.0682 e. The molecule has 0 amide bonds. The van der Waals surface area contributed by atoms with Crippen LogP contribution in [0.5, 0.6) is 0 Å². The number of halogens is 1. The van der Waals surface area contributed by atoms with Gasteiger partial charge in [0.2, 0.25) is 0 Å². The first-order valence-electron chi connectivity index (χ1n) is 5.03. The van der Waals surface area contributed by atoms with Crippen molar-refractivity contribution < 1.29 is 5.11 Å². The number of hydrogen-bond donors (Lipinski definition) is 1. The minimum Gasteiger partial charge on any atom is -0.392 e. The van der Waals surface area contributed by atoms with Gasteiger partial charge in [-0.05, 0) is 17.7 Å². The Kier molecular flexibility index (Phi) is 3.78. The van der Waals surface area contributed by atoms with Gasteiger partial charge in [0.25, 0.3) is 0 Å². The average molecular weight is 244 g/mol. The van der Waals surface area contributed by atoms with Crippen molar-refractivity contribution >= 4 is 29.1 Å². The van der Waals surface area contributed by atoms with E-state index in [1.54, 1.807) is 0 Å². The second-order valence-corrected chi connectivity index (χ2v) is 5.18. The van der Waals surface area contributed by atoms with Crippen LogP contribution >= 0.6 is 23.4 Å². The van der Waals surface area contributed by atoms with Crippen LogP contribution < -0.4 is 4.90 Å². The lowest BCUT2D eigenvalue weighted by atomic mass is 10.2. The van der Waals surface area contributed by atoms with Crippen molar-refractivity contribution in [3.05, 3.63) is 28.8 Å². The van der Waals surface area contributed by atoms with Crippen molar-refractivity contribution in [1.29, 1.82) is 0 Å². The van der Waals surface area contributed by atoms with Crippen LogP contribution in [-0.4, -0.2) is 29.7 Å². The van der Waals surface area contributed by atoms with E-state index < -0.39 is 0 Å². The summed E-state index contributed by atoms with van der Waals surface area (Å²) in [7, 11) is 0. The van der Waals surface area contributed by atoms with E-state index in [1.165, 1.54) is 0 Å². The molecule has 1 aromatic carbocycles. The summed E-state index contributed by atoms with van der Waals surface area (Å²) in [5.74, 6) is 2.33. The van der Waals surface area contributed by atoms with Gasteiger partial charge < -0.3 is 10.0 Å². The second-order valence-electron chi connectivity index (χ2n) is 3.54. The highest BCUT2D eigenvalue weighted by atomic mass is 35.5. The lowest BCUT2D eigenvalue weighted by molar-refractivity contribution is 0.282. The molecule has 1 aromatic rings. The number of benzene rings is 1. The SMILES string of the molecule is OCc1ccc(N2CCSCC2)c(Cl)c1. The molecular weight excluding hydrogens is 230 g/mol. The van der Waals surface area contributed by atoms with Gasteiger partial charge in [0.15, 0.2) is 0 Å². The Morgan fingerprint density at radius 3 is 2.67 bits per heavy atom. The Labute approximate surface area is 99.2 Å². The molecule has 82 valence electrons. The molecule has 0 aromatic heterocycles. The molecule has 1 aliphatic heterocycles. The number of anilines is 1. The Bertz CT molecular complexity index is 339. The Hall–Kier alpha value is -0.380. The summed E-state index contributed by atoms with van der Waals surface area (Å²) in [6.07, 6.45) is 0. The van der Waals surface area contributed by atoms with E-state index in [-0.39, 0.29) is 6.61 Å². The second kappa shape index (κ2) is 5.10. The van der Waals surface area contributed by atoms with Crippen LogP contribution in [0.1, 0.15) is 5.56 Å². The van der Waals surface area contributed by atoms with Crippen LogP contribution in [0.25, 0.3) is 0 Å². The Balaban J connectivity index is 2.19. The Morgan fingerprint density at radius 1 is 1.33 bits per heavy atom. The number of rotatable bonds is 2. The first-order valence-corrected chi connectivity index (χ1v) is 6.56. The molecule has 1 aliphatic rings. The number of aliphatic hydroxyl groups is 1. The molecule has 0 unspecified atom stereocenters. The van der Waals surface area contributed by atoms with Gasteiger partial charge in [-0.3, -0.25) is 0 Å². The summed E-state index contributed by atoms with van der Waals surface area (Å²) < 4.78 is 0. The molecule has 0 atom stereocenters. The van der Waals surface area contributed by atoms with E-state index in [2.05, 4.69) is 4.90 Å². The highest BCUT2D eigenvalue weighted by Crippen LogP contribution is 2.28. The molecule has 0 bridgehead atoms. The smallest absolute Gasteiger partial charge is 0.0682 e. The zero-order chi connectivity index (χ0) is 10.7. The van der Waals surface area contributed by atoms with Crippen molar-refractivity contribution in [3.63, 3.8) is 0 Å². The highest BCUT2D eigenvalue weighted by Gasteiger charge is 2.13. The molecule has 4 heteroatoms. The monoisotopic (exact) mass is 243 g/mol. The van der Waals surface area contributed by atoms with Gasteiger partial charge in [0.1, 0.15) is 0 Å². The summed E-state index contributed by atoms with van der Waals surface area (Å²) >= 11 is 8.16. The minimum absolute atomic E-state index is 0.0514. The lowest BCUT2D eigenvalue weighted by Gasteiger charge is -2.29. The molecule has 2 nitrogen and oxygen atoms in total. The molecule has 0 aliphatic carbocycles. The zero-order valence-electron chi connectivity index (χ0n) is 8.45. The first kappa shape index (κ1) is 11.1. The maximum atomic E-state index is 8.99. The molecule has 0 saturated carbocycles. The molecule has 1 fully saturated rings. The topological polar surface area (TPSA) is 23.5 Å². The molecule has 1 N–H and O–H groups in total. The Morgan fingerprint density at radius 2 is 2.07 bits per heavy atom. The molecule has 0 radical (unpaired) electrons. The van der Waals surface area contributed by atoms with Crippen molar-refractivity contribution in [2.75, 3.05) is 29.5 Å². The summed E-state index contributed by atoms with van der Waals surface area (Å²) in [4.78, 5) is 2.31. The molecule has 1 saturated heterocycles. The molecule has 2 rings (SSSR count). The van der Waals surface area contributed by atoms with Crippen LogP contribution in [0, 0.1) is 0 Å². The lowest BCUT2D eigenvalue weighted by Crippen LogP contribution is -2.32. The number of hydrogen-bond acceptors (Lipinski definition) is 3. The van der Waals surface area contributed by atoms with E-state index in [0.29, 0.717) is 0 Å². The predicted octanol–water partition coefficient (Wildman–Crippen LogP) is 2.39. The first-order chi connectivity index (χ1) is 7.31. The van der Waals surface area contributed by atoms with Gasteiger partial charge in [0.05, 0.1) is 17.3 Å². The van der Waals surface area contributed by atoms with E-state index in [9.17, 15) is 0 Å². The van der Waals surface area contributed by atoms with Crippen molar-refractivity contribution in [1.82, 2.24) is 0 Å². The molecular formula is C11H14ClNOS. The van der Waals surface area contributed by atoms with Gasteiger partial charge in [-0.15, -0.1) is 0 Å². The summed E-state index contributed by atoms with van der Waals surface area (Å²) in [5, 5.41) is 9.73. The van der Waals surface area contributed by atoms with Crippen LogP contribution in [0.3, 0.4) is 0 Å². The van der Waals surface area contributed by atoms with Crippen molar-refractivity contribution in [2.45, 2.75) is 6.61 Å². The van der Waals surface area contributed by atoms with Crippen molar-refractivity contribution in [2.24, 2.45) is 0 Å². The van der Waals surface area contributed by atoms with Crippen LogP contribution in [0.2, 0.25) is 5.02 Å². The van der Waals surface area contributed by atoms with Crippen LogP contribution in [-0.2, 0) is 6.61 Å².